The highest BCUT2D eigenvalue weighted by atomic mass is 32.2. The number of hydrogen-bond donors (Lipinski definition) is 1. The van der Waals surface area contributed by atoms with Crippen molar-refractivity contribution < 1.29 is 17.2 Å². The first-order valence-corrected chi connectivity index (χ1v) is 7.94. The molecular weight excluding hydrogens is 297 g/mol. The van der Waals surface area contributed by atoms with Gasteiger partial charge < -0.3 is 4.42 Å². The number of hydrogen-bond acceptors (Lipinski definition) is 5. The lowest BCUT2D eigenvalue weighted by molar-refractivity contribution is 0.431. The molecule has 2 aromatic rings. The number of benzene rings is 1. The van der Waals surface area contributed by atoms with Crippen molar-refractivity contribution in [3.8, 4) is 0 Å². The zero-order valence-corrected chi connectivity index (χ0v) is 12.5. The molecule has 1 aromatic heterocycles. The van der Waals surface area contributed by atoms with Gasteiger partial charge in [0.2, 0.25) is 21.8 Å². The van der Waals surface area contributed by atoms with E-state index in [1.54, 1.807) is 0 Å². The van der Waals surface area contributed by atoms with E-state index in [0.29, 0.717) is 18.2 Å². The summed E-state index contributed by atoms with van der Waals surface area (Å²) in [4.78, 5) is 0.0114. The third kappa shape index (κ3) is 4.08. The Morgan fingerprint density at radius 2 is 1.90 bits per heavy atom. The summed E-state index contributed by atoms with van der Waals surface area (Å²) in [7, 11) is -3.66. The summed E-state index contributed by atoms with van der Waals surface area (Å²) in [6, 6.07) is 4.62. The Kier molecular flexibility index (Phi) is 4.69. The molecule has 0 spiro atoms. The number of nitrogens with zero attached hydrogens (tertiary/aromatic N) is 2. The van der Waals surface area contributed by atoms with Crippen molar-refractivity contribution in [1.82, 2.24) is 14.9 Å². The van der Waals surface area contributed by atoms with Crippen LogP contribution in [0.1, 0.15) is 31.5 Å². The van der Waals surface area contributed by atoms with E-state index in [4.69, 9.17) is 4.42 Å². The van der Waals surface area contributed by atoms with Crippen LogP contribution in [0, 0.1) is 5.82 Å². The molecule has 21 heavy (non-hydrogen) atoms. The van der Waals surface area contributed by atoms with E-state index >= 15 is 0 Å². The SMILES string of the molecule is CC(C)c1nnc(CCNS(=O)(=O)c2ccc(F)cc2)o1. The lowest BCUT2D eigenvalue weighted by Crippen LogP contribution is -2.26. The van der Waals surface area contributed by atoms with Crippen LogP contribution in [0.3, 0.4) is 0 Å². The molecule has 1 aromatic carbocycles. The Bertz CT molecular complexity index is 696. The fourth-order valence-corrected chi connectivity index (χ4v) is 2.62. The highest BCUT2D eigenvalue weighted by Crippen LogP contribution is 2.12. The largest absolute Gasteiger partial charge is 0.425 e. The van der Waals surface area contributed by atoms with Crippen LogP contribution in [-0.4, -0.2) is 25.2 Å². The van der Waals surface area contributed by atoms with E-state index < -0.39 is 15.8 Å². The van der Waals surface area contributed by atoms with Gasteiger partial charge >= 0.3 is 0 Å². The second kappa shape index (κ2) is 6.31. The van der Waals surface area contributed by atoms with Gasteiger partial charge in [0.15, 0.2) is 0 Å². The highest BCUT2D eigenvalue weighted by Gasteiger charge is 2.15. The maximum absolute atomic E-state index is 12.8. The lowest BCUT2D eigenvalue weighted by Gasteiger charge is -2.05. The summed E-state index contributed by atoms with van der Waals surface area (Å²) in [6.07, 6.45) is 0.292. The van der Waals surface area contributed by atoms with Gasteiger partial charge in [-0.3, -0.25) is 0 Å². The molecule has 1 heterocycles. The average molecular weight is 313 g/mol. The van der Waals surface area contributed by atoms with Gasteiger partial charge in [0.25, 0.3) is 0 Å². The van der Waals surface area contributed by atoms with E-state index in [2.05, 4.69) is 14.9 Å². The predicted octanol–water partition coefficient (Wildman–Crippen LogP) is 1.85. The molecule has 0 aliphatic rings. The first-order valence-electron chi connectivity index (χ1n) is 6.46. The van der Waals surface area contributed by atoms with Gasteiger partial charge in [0.05, 0.1) is 4.90 Å². The van der Waals surface area contributed by atoms with Crippen LogP contribution >= 0.6 is 0 Å². The van der Waals surface area contributed by atoms with E-state index in [0.717, 1.165) is 12.1 Å². The maximum Gasteiger partial charge on any atom is 0.240 e. The van der Waals surface area contributed by atoms with Gasteiger partial charge in [-0.15, -0.1) is 10.2 Å². The normalized spacial score (nSPS) is 12.0. The molecule has 8 heteroatoms. The van der Waals surface area contributed by atoms with Crippen molar-refractivity contribution >= 4 is 10.0 Å². The van der Waals surface area contributed by atoms with Crippen molar-refractivity contribution in [2.24, 2.45) is 0 Å². The van der Waals surface area contributed by atoms with Crippen LogP contribution in [-0.2, 0) is 16.4 Å². The first kappa shape index (κ1) is 15.6. The summed E-state index contributed by atoms with van der Waals surface area (Å²) >= 11 is 0. The molecule has 0 bridgehead atoms. The molecule has 6 nitrogen and oxygen atoms in total. The van der Waals surface area contributed by atoms with Crippen molar-refractivity contribution in [1.29, 1.82) is 0 Å². The van der Waals surface area contributed by atoms with E-state index in [1.807, 2.05) is 13.8 Å². The Labute approximate surface area is 122 Å². The average Bonchev–Trinajstić information content (AvgIpc) is 2.88. The zero-order chi connectivity index (χ0) is 15.5. The van der Waals surface area contributed by atoms with Crippen molar-refractivity contribution in [3.05, 3.63) is 41.9 Å². The molecule has 0 atom stereocenters. The summed E-state index contributed by atoms with van der Waals surface area (Å²) in [5.74, 6) is 0.537. The fourth-order valence-electron chi connectivity index (χ4n) is 1.59. The molecule has 114 valence electrons. The highest BCUT2D eigenvalue weighted by molar-refractivity contribution is 7.89. The van der Waals surface area contributed by atoms with Crippen LogP contribution in [0.2, 0.25) is 0 Å². The standard InChI is InChI=1S/C13H16FN3O3S/c1-9(2)13-17-16-12(20-13)7-8-15-21(18,19)11-5-3-10(14)4-6-11/h3-6,9,15H,7-8H2,1-2H3. The van der Waals surface area contributed by atoms with Gasteiger partial charge in [0.1, 0.15) is 5.82 Å². The molecule has 0 fully saturated rings. The number of aromatic nitrogens is 2. The van der Waals surface area contributed by atoms with Crippen LogP contribution in [0.15, 0.2) is 33.6 Å². The van der Waals surface area contributed by atoms with Gasteiger partial charge in [-0.1, -0.05) is 13.8 Å². The van der Waals surface area contributed by atoms with E-state index in [1.165, 1.54) is 12.1 Å². The maximum atomic E-state index is 12.8. The number of rotatable bonds is 6. The van der Waals surface area contributed by atoms with Crippen LogP contribution in [0.5, 0.6) is 0 Å². The van der Waals surface area contributed by atoms with Gasteiger partial charge in [-0.05, 0) is 24.3 Å². The van der Waals surface area contributed by atoms with Crippen molar-refractivity contribution in [3.63, 3.8) is 0 Å². The van der Waals surface area contributed by atoms with E-state index in [-0.39, 0.29) is 17.4 Å². The van der Waals surface area contributed by atoms with Crippen LogP contribution in [0.25, 0.3) is 0 Å². The molecule has 1 N–H and O–H groups in total. The Morgan fingerprint density at radius 3 is 2.48 bits per heavy atom. The second-order valence-electron chi connectivity index (χ2n) is 4.79. The minimum absolute atomic E-state index is 0.0114. The monoisotopic (exact) mass is 313 g/mol. The van der Waals surface area contributed by atoms with Crippen LogP contribution < -0.4 is 4.72 Å². The smallest absolute Gasteiger partial charge is 0.240 e. The second-order valence-corrected chi connectivity index (χ2v) is 6.56. The van der Waals surface area contributed by atoms with Gasteiger partial charge in [0, 0.05) is 18.9 Å². The first-order chi connectivity index (χ1) is 9.88. The van der Waals surface area contributed by atoms with Crippen molar-refractivity contribution in [2.75, 3.05) is 6.54 Å². The fraction of sp³-hybridized carbons (Fsp3) is 0.385. The molecule has 0 aliphatic carbocycles. The van der Waals surface area contributed by atoms with E-state index in [9.17, 15) is 12.8 Å². The molecular formula is C13H16FN3O3S. The number of nitrogens with one attached hydrogen (secondary N) is 1. The lowest BCUT2D eigenvalue weighted by atomic mass is 10.2. The van der Waals surface area contributed by atoms with Gasteiger partial charge in [-0.25, -0.2) is 17.5 Å². The van der Waals surface area contributed by atoms with Crippen molar-refractivity contribution in [2.45, 2.75) is 31.1 Å². The minimum Gasteiger partial charge on any atom is -0.425 e. The molecule has 0 unspecified atom stereocenters. The summed E-state index contributed by atoms with van der Waals surface area (Å²) in [5.41, 5.74) is 0. The molecule has 0 saturated carbocycles. The zero-order valence-electron chi connectivity index (χ0n) is 11.7. The minimum atomic E-state index is -3.66. The topological polar surface area (TPSA) is 85.1 Å². The molecule has 0 aliphatic heterocycles. The predicted molar refractivity (Wildman–Crippen MR) is 73.7 cm³/mol. The quantitative estimate of drug-likeness (QED) is 0.879. The molecule has 2 rings (SSSR count). The summed E-state index contributed by atoms with van der Waals surface area (Å²) in [6.45, 7) is 3.97. The van der Waals surface area contributed by atoms with Crippen LogP contribution in [0.4, 0.5) is 4.39 Å². The molecule has 0 radical (unpaired) electrons. The third-order valence-corrected chi connectivity index (χ3v) is 4.21. The third-order valence-electron chi connectivity index (χ3n) is 2.73. The molecule has 0 saturated heterocycles. The van der Waals surface area contributed by atoms with Gasteiger partial charge in [-0.2, -0.15) is 0 Å². The Hall–Kier alpha value is -1.80. The number of halogens is 1. The molecule has 0 amide bonds. The summed E-state index contributed by atoms with van der Waals surface area (Å²) < 4.78 is 44.4. The Morgan fingerprint density at radius 1 is 1.24 bits per heavy atom. The number of sulfonamides is 1. The Balaban J connectivity index is 1.94. The summed E-state index contributed by atoms with van der Waals surface area (Å²) in [5, 5.41) is 7.70.